The molecule has 15 atom stereocenters. The van der Waals surface area contributed by atoms with Crippen LogP contribution < -0.4 is 0 Å². The normalized spacial score (nSPS) is 50.0. The molecule has 7 unspecified atom stereocenters. The van der Waals surface area contributed by atoms with Gasteiger partial charge in [-0.1, -0.05) is 5.92 Å². The van der Waals surface area contributed by atoms with Crippen LogP contribution in [0.3, 0.4) is 0 Å². The average Bonchev–Trinajstić information content (AvgIpc) is 2.87. The second-order valence-electron chi connectivity index (χ2n) is 8.81. The molecule has 208 valence electrons. The fraction of sp³-hybridized carbons (Fsp3) is 0.905. The molecule has 0 aromatic carbocycles. The maximum atomic E-state index is 10.9. The van der Waals surface area contributed by atoms with Crippen molar-refractivity contribution in [1.29, 1.82) is 0 Å². The molecule has 9 N–H and O–H groups in total. The van der Waals surface area contributed by atoms with E-state index in [1.54, 1.807) is 0 Å². The Morgan fingerprint density at radius 2 is 1.14 bits per heavy atom. The largest absolute Gasteiger partial charge is 0.394 e. The van der Waals surface area contributed by atoms with Crippen LogP contribution in [0.1, 0.15) is 6.92 Å². The molecule has 36 heavy (non-hydrogen) atoms. The third-order valence-electron chi connectivity index (χ3n) is 6.37. The van der Waals surface area contributed by atoms with Crippen LogP contribution in [-0.4, -0.2) is 158 Å². The lowest BCUT2D eigenvalue weighted by molar-refractivity contribution is -0.389. The Balaban J connectivity index is 1.90. The van der Waals surface area contributed by atoms with E-state index in [4.69, 9.17) is 34.8 Å². The molecule has 15 nitrogen and oxygen atoms in total. The molecular weight excluding hydrogens is 492 g/mol. The smallest absolute Gasteiger partial charge is 0.188 e. The highest BCUT2D eigenvalue weighted by Gasteiger charge is 2.54. The molecule has 0 aliphatic carbocycles. The molecule has 3 fully saturated rings. The molecule has 3 heterocycles. The third-order valence-corrected chi connectivity index (χ3v) is 6.37. The topological polar surface area (TPSA) is 237 Å². The van der Waals surface area contributed by atoms with Gasteiger partial charge >= 0.3 is 0 Å². The van der Waals surface area contributed by atoms with Crippen molar-refractivity contribution in [2.45, 2.75) is 99.0 Å². The molecule has 3 aliphatic heterocycles. The van der Waals surface area contributed by atoms with Gasteiger partial charge in [-0.3, -0.25) is 0 Å². The van der Waals surface area contributed by atoms with E-state index >= 15 is 0 Å². The number of aliphatic hydroxyl groups excluding tert-OH is 9. The van der Waals surface area contributed by atoms with Crippen LogP contribution >= 0.6 is 0 Å². The Bertz CT molecular complexity index is 733. The van der Waals surface area contributed by atoms with Gasteiger partial charge < -0.3 is 74.4 Å². The van der Waals surface area contributed by atoms with Crippen molar-refractivity contribution in [1.82, 2.24) is 0 Å². The number of ether oxygens (including phenoxy) is 6. The summed E-state index contributed by atoms with van der Waals surface area (Å²) in [4.78, 5) is 0. The van der Waals surface area contributed by atoms with E-state index in [1.807, 2.05) is 0 Å². The highest BCUT2D eigenvalue weighted by atomic mass is 16.8. The van der Waals surface area contributed by atoms with Crippen LogP contribution in [0.15, 0.2) is 0 Å². The van der Waals surface area contributed by atoms with Gasteiger partial charge in [-0.25, -0.2) is 0 Å². The van der Waals surface area contributed by atoms with Crippen LogP contribution in [0.2, 0.25) is 0 Å². The van der Waals surface area contributed by atoms with Gasteiger partial charge in [0.1, 0.15) is 73.8 Å². The number of hydrogen-bond acceptors (Lipinski definition) is 15. The van der Waals surface area contributed by atoms with Crippen molar-refractivity contribution in [3.05, 3.63) is 0 Å². The van der Waals surface area contributed by atoms with Gasteiger partial charge in [0, 0.05) is 0 Å². The van der Waals surface area contributed by atoms with Gasteiger partial charge in [0.05, 0.1) is 19.3 Å². The standard InChI is InChI=1S/C21H34O15/c1-3-4-31-21-18(36-19-15(29)13(27)10(24)7(2)32-19)17(12(26)9(6-23)34-21)35-20-16(30)14(28)11(25)8(5-22)33-20/h1,7-30H,4-6H2,2H3/t7?,8?,9?,10-,11+,12+,13+,14+,15?,16?,17+,18?,19+,20?,21-/m1/s1. The zero-order valence-corrected chi connectivity index (χ0v) is 19.3. The Kier molecular flexibility index (Phi) is 10.4. The Morgan fingerprint density at radius 1 is 0.639 bits per heavy atom. The number of hydrogen-bond donors (Lipinski definition) is 9. The number of aliphatic hydroxyl groups is 9. The van der Waals surface area contributed by atoms with Crippen LogP contribution in [0, 0.1) is 12.3 Å². The summed E-state index contributed by atoms with van der Waals surface area (Å²) in [5.74, 6) is 2.21. The summed E-state index contributed by atoms with van der Waals surface area (Å²) in [6, 6.07) is 0. The molecule has 0 amide bonds. The van der Waals surface area contributed by atoms with Gasteiger partial charge in [0.25, 0.3) is 0 Å². The molecule has 0 spiro atoms. The van der Waals surface area contributed by atoms with Crippen LogP contribution in [0.25, 0.3) is 0 Å². The van der Waals surface area contributed by atoms with E-state index in [-0.39, 0.29) is 6.61 Å². The molecule has 0 radical (unpaired) electrons. The molecular formula is C21H34O15. The molecule has 3 rings (SSSR count). The maximum absolute atomic E-state index is 10.9. The Labute approximate surface area is 206 Å². The molecule has 0 aromatic heterocycles. The van der Waals surface area contributed by atoms with E-state index < -0.39 is 105 Å². The SMILES string of the molecule is C#CCO[C@@H]1OC(CO)[C@H](O)[C@H](OC2OC(CO)[C@H](O)[C@H](O)C2O)C1O[C@@H]1OC(C)[C@@H](O)[C@H](O)C1O. The zero-order valence-electron chi connectivity index (χ0n) is 19.3. The van der Waals surface area contributed by atoms with Crippen molar-refractivity contribution < 1.29 is 74.4 Å². The second kappa shape index (κ2) is 12.7. The van der Waals surface area contributed by atoms with Crippen molar-refractivity contribution in [3.8, 4) is 12.3 Å². The number of terminal acetylenes is 1. The summed E-state index contributed by atoms with van der Waals surface area (Å²) in [5, 5.41) is 91.0. The lowest BCUT2D eigenvalue weighted by Crippen LogP contribution is -2.67. The minimum absolute atomic E-state index is 0.322. The molecule has 0 bridgehead atoms. The monoisotopic (exact) mass is 526 g/mol. The van der Waals surface area contributed by atoms with E-state index in [2.05, 4.69) is 5.92 Å². The van der Waals surface area contributed by atoms with Crippen LogP contribution in [0.4, 0.5) is 0 Å². The molecule has 0 saturated carbocycles. The Hall–Kier alpha value is -1.04. The van der Waals surface area contributed by atoms with E-state index in [9.17, 15) is 46.0 Å². The van der Waals surface area contributed by atoms with Crippen LogP contribution in [0.5, 0.6) is 0 Å². The average molecular weight is 526 g/mol. The first-order valence-corrected chi connectivity index (χ1v) is 11.4. The fourth-order valence-corrected chi connectivity index (χ4v) is 4.22. The first-order chi connectivity index (χ1) is 17.0. The zero-order chi connectivity index (χ0) is 26.7. The molecule has 0 aromatic rings. The van der Waals surface area contributed by atoms with Crippen molar-refractivity contribution in [2.24, 2.45) is 0 Å². The maximum Gasteiger partial charge on any atom is 0.188 e. The van der Waals surface area contributed by atoms with Crippen LogP contribution in [-0.2, 0) is 28.4 Å². The predicted octanol–water partition coefficient (Wildman–Crippen LogP) is -5.89. The molecule has 15 heteroatoms. The quantitative estimate of drug-likeness (QED) is 0.134. The lowest BCUT2D eigenvalue weighted by Gasteiger charge is -2.48. The van der Waals surface area contributed by atoms with E-state index in [0.717, 1.165) is 0 Å². The third kappa shape index (κ3) is 5.99. The van der Waals surface area contributed by atoms with Gasteiger partial charge in [-0.2, -0.15) is 0 Å². The summed E-state index contributed by atoms with van der Waals surface area (Å²) < 4.78 is 33.2. The van der Waals surface area contributed by atoms with E-state index in [0.29, 0.717) is 0 Å². The fourth-order valence-electron chi connectivity index (χ4n) is 4.22. The first kappa shape index (κ1) is 29.5. The van der Waals surface area contributed by atoms with Gasteiger partial charge in [0.2, 0.25) is 0 Å². The van der Waals surface area contributed by atoms with Gasteiger partial charge in [0.15, 0.2) is 18.9 Å². The predicted molar refractivity (Wildman–Crippen MR) is 112 cm³/mol. The minimum atomic E-state index is -1.84. The highest BCUT2D eigenvalue weighted by Crippen LogP contribution is 2.33. The van der Waals surface area contributed by atoms with Gasteiger partial charge in [-0.05, 0) is 6.92 Å². The number of rotatable bonds is 8. The summed E-state index contributed by atoms with van der Waals surface area (Å²) in [6.45, 7) is -0.368. The second-order valence-corrected chi connectivity index (χ2v) is 8.81. The first-order valence-electron chi connectivity index (χ1n) is 11.4. The van der Waals surface area contributed by atoms with Crippen molar-refractivity contribution in [3.63, 3.8) is 0 Å². The summed E-state index contributed by atoms with van der Waals surface area (Å²) >= 11 is 0. The summed E-state index contributed by atoms with van der Waals surface area (Å²) in [7, 11) is 0. The Morgan fingerprint density at radius 3 is 1.72 bits per heavy atom. The van der Waals surface area contributed by atoms with E-state index in [1.165, 1.54) is 6.92 Å². The van der Waals surface area contributed by atoms with Crippen molar-refractivity contribution >= 4 is 0 Å². The van der Waals surface area contributed by atoms with Gasteiger partial charge in [-0.15, -0.1) is 6.42 Å². The summed E-state index contributed by atoms with van der Waals surface area (Å²) in [6.07, 6.45) is -18.1. The highest BCUT2D eigenvalue weighted by molar-refractivity contribution is 4.97. The summed E-state index contributed by atoms with van der Waals surface area (Å²) in [5.41, 5.74) is 0. The van der Waals surface area contributed by atoms with Crippen molar-refractivity contribution in [2.75, 3.05) is 19.8 Å². The molecule has 3 aliphatic rings. The molecule has 3 saturated heterocycles. The minimum Gasteiger partial charge on any atom is -0.394 e. The lowest BCUT2D eigenvalue weighted by atomic mass is 9.96.